The van der Waals surface area contributed by atoms with Crippen LogP contribution >= 0.6 is 0 Å². The van der Waals surface area contributed by atoms with Crippen LogP contribution in [0.15, 0.2) is 66.9 Å². The summed E-state index contributed by atoms with van der Waals surface area (Å²) in [5.74, 6) is 0. The normalized spacial score (nSPS) is 25.9. The zero-order valence-electron chi connectivity index (χ0n) is 16.2. The smallest absolute Gasteiger partial charge is 0.410 e. The van der Waals surface area contributed by atoms with E-state index < -0.39 is 5.60 Å². The van der Waals surface area contributed by atoms with Crippen molar-refractivity contribution in [2.45, 2.75) is 50.0 Å². The summed E-state index contributed by atoms with van der Waals surface area (Å²) in [5, 5.41) is 12.6. The van der Waals surface area contributed by atoms with E-state index in [9.17, 15) is 9.90 Å². The molecule has 0 spiro atoms. The third-order valence-corrected chi connectivity index (χ3v) is 6.33. The number of pyridine rings is 1. The monoisotopic (exact) mass is 388 g/mol. The highest BCUT2D eigenvalue weighted by atomic mass is 16.6. The fraction of sp³-hybridized carbons (Fsp3) is 0.333. The quantitative estimate of drug-likeness (QED) is 0.723. The van der Waals surface area contributed by atoms with Gasteiger partial charge >= 0.3 is 6.09 Å². The highest BCUT2D eigenvalue weighted by Gasteiger charge is 2.51. The zero-order valence-corrected chi connectivity index (χ0v) is 16.2. The maximum Gasteiger partial charge on any atom is 0.410 e. The van der Waals surface area contributed by atoms with E-state index >= 15 is 0 Å². The number of aromatic nitrogens is 1. The van der Waals surface area contributed by atoms with Crippen molar-refractivity contribution in [3.05, 3.63) is 78.0 Å². The number of hydrogen-bond acceptors (Lipinski definition) is 4. The van der Waals surface area contributed by atoms with Crippen LogP contribution in [0.25, 0.3) is 10.9 Å². The molecule has 5 heteroatoms. The lowest BCUT2D eigenvalue weighted by Gasteiger charge is -2.43. The summed E-state index contributed by atoms with van der Waals surface area (Å²) in [4.78, 5) is 19.1. The van der Waals surface area contributed by atoms with Gasteiger partial charge in [-0.15, -0.1) is 0 Å². The molecule has 2 atom stereocenters. The van der Waals surface area contributed by atoms with Crippen molar-refractivity contribution in [2.24, 2.45) is 0 Å². The number of carbonyl (C=O) groups is 1. The molecule has 2 aliphatic rings. The van der Waals surface area contributed by atoms with E-state index in [0.29, 0.717) is 12.8 Å². The largest absolute Gasteiger partial charge is 0.445 e. The maximum absolute atomic E-state index is 12.8. The third kappa shape index (κ3) is 3.25. The first kappa shape index (κ1) is 18.1. The highest BCUT2D eigenvalue weighted by Crippen LogP contribution is 2.47. The molecule has 2 aliphatic heterocycles. The summed E-state index contributed by atoms with van der Waals surface area (Å²) in [6, 6.07) is 19.5. The molecule has 2 bridgehead atoms. The first-order chi connectivity index (χ1) is 14.1. The molecule has 2 fully saturated rings. The van der Waals surface area contributed by atoms with Crippen LogP contribution < -0.4 is 0 Å². The molecule has 1 N–H and O–H groups in total. The number of ether oxygens (including phenoxy) is 1. The van der Waals surface area contributed by atoms with Crippen molar-refractivity contribution in [2.75, 3.05) is 0 Å². The van der Waals surface area contributed by atoms with Gasteiger partial charge in [-0.2, -0.15) is 0 Å². The number of rotatable bonds is 3. The second-order valence-electron chi connectivity index (χ2n) is 8.15. The summed E-state index contributed by atoms with van der Waals surface area (Å²) >= 11 is 0. The Balaban J connectivity index is 1.36. The Kier molecular flexibility index (Phi) is 4.47. The van der Waals surface area contributed by atoms with Crippen LogP contribution in [0.5, 0.6) is 0 Å². The maximum atomic E-state index is 12.8. The number of aliphatic hydroxyl groups is 1. The topological polar surface area (TPSA) is 62.7 Å². The predicted octanol–water partition coefficient (Wildman–Crippen LogP) is 4.39. The van der Waals surface area contributed by atoms with Crippen LogP contribution in [0.1, 0.15) is 36.8 Å². The second-order valence-corrected chi connectivity index (χ2v) is 8.15. The van der Waals surface area contributed by atoms with Crippen LogP contribution in [0, 0.1) is 0 Å². The molecule has 0 aliphatic carbocycles. The SMILES string of the molecule is O=C(OCc1ccccc1)N1C2CCC1CC(O)(c1ccnc3ccccc13)C2. The number of piperidine rings is 1. The fourth-order valence-electron chi connectivity index (χ4n) is 5.04. The molecule has 0 saturated carbocycles. The van der Waals surface area contributed by atoms with Gasteiger partial charge in [0.1, 0.15) is 6.61 Å². The van der Waals surface area contributed by atoms with Crippen molar-refractivity contribution in [1.29, 1.82) is 0 Å². The number of hydrogen-bond donors (Lipinski definition) is 1. The van der Waals surface area contributed by atoms with Gasteiger partial charge in [-0.05, 0) is 36.1 Å². The van der Waals surface area contributed by atoms with Gasteiger partial charge in [0, 0.05) is 36.5 Å². The summed E-state index contributed by atoms with van der Waals surface area (Å²) in [6.07, 6.45) is 4.34. The van der Waals surface area contributed by atoms with Crippen molar-refractivity contribution in [1.82, 2.24) is 9.88 Å². The van der Waals surface area contributed by atoms with Crippen molar-refractivity contribution >= 4 is 17.0 Å². The number of carbonyl (C=O) groups excluding carboxylic acids is 1. The molecule has 2 unspecified atom stereocenters. The van der Waals surface area contributed by atoms with Crippen molar-refractivity contribution < 1.29 is 14.6 Å². The van der Waals surface area contributed by atoms with Crippen LogP contribution in [-0.2, 0) is 16.9 Å². The van der Waals surface area contributed by atoms with E-state index in [1.807, 2.05) is 65.6 Å². The molecule has 148 valence electrons. The Morgan fingerprint density at radius 3 is 2.48 bits per heavy atom. The van der Waals surface area contributed by atoms with Gasteiger partial charge in [0.15, 0.2) is 0 Å². The van der Waals surface area contributed by atoms with Gasteiger partial charge in [-0.25, -0.2) is 4.79 Å². The Morgan fingerprint density at radius 2 is 1.72 bits per heavy atom. The minimum Gasteiger partial charge on any atom is -0.445 e. The molecule has 5 rings (SSSR count). The number of benzene rings is 2. The lowest BCUT2D eigenvalue weighted by atomic mass is 9.79. The Bertz CT molecular complexity index is 1020. The third-order valence-electron chi connectivity index (χ3n) is 6.33. The Morgan fingerprint density at radius 1 is 1.03 bits per heavy atom. The van der Waals surface area contributed by atoms with Gasteiger partial charge < -0.3 is 14.7 Å². The predicted molar refractivity (Wildman–Crippen MR) is 110 cm³/mol. The molecule has 3 heterocycles. The lowest BCUT2D eigenvalue weighted by molar-refractivity contribution is -0.0527. The van der Waals surface area contributed by atoms with Gasteiger partial charge in [-0.1, -0.05) is 48.5 Å². The average Bonchev–Trinajstić information content (AvgIpc) is 3.04. The zero-order chi connectivity index (χ0) is 19.8. The average molecular weight is 388 g/mol. The summed E-state index contributed by atoms with van der Waals surface area (Å²) in [7, 11) is 0. The fourth-order valence-corrected chi connectivity index (χ4v) is 5.04. The van der Waals surface area contributed by atoms with E-state index in [1.54, 1.807) is 6.20 Å². The molecular formula is C24H24N2O3. The van der Waals surface area contributed by atoms with Gasteiger partial charge in [0.2, 0.25) is 0 Å². The second kappa shape index (κ2) is 7.16. The van der Waals surface area contributed by atoms with E-state index in [0.717, 1.165) is 34.9 Å². The first-order valence-electron chi connectivity index (χ1n) is 10.2. The summed E-state index contributed by atoms with van der Waals surface area (Å²) in [6.45, 7) is 0.273. The molecule has 0 radical (unpaired) electrons. The molecule has 2 aromatic carbocycles. The molecule has 3 aromatic rings. The van der Waals surface area contributed by atoms with Crippen molar-refractivity contribution in [3.63, 3.8) is 0 Å². The Labute approximate surface area is 169 Å². The summed E-state index contributed by atoms with van der Waals surface area (Å²) in [5.41, 5.74) is 1.82. The van der Waals surface area contributed by atoms with Crippen LogP contribution in [0.3, 0.4) is 0 Å². The highest BCUT2D eigenvalue weighted by molar-refractivity contribution is 5.83. The van der Waals surface area contributed by atoms with E-state index in [1.165, 1.54) is 0 Å². The number of nitrogens with zero attached hydrogens (tertiary/aromatic N) is 2. The van der Waals surface area contributed by atoms with E-state index in [-0.39, 0.29) is 24.8 Å². The van der Waals surface area contributed by atoms with Gasteiger partial charge in [0.05, 0.1) is 11.1 Å². The van der Waals surface area contributed by atoms with Crippen LogP contribution in [0.4, 0.5) is 4.79 Å². The molecule has 1 aromatic heterocycles. The molecule has 1 amide bonds. The van der Waals surface area contributed by atoms with Crippen LogP contribution in [-0.4, -0.2) is 33.2 Å². The number of para-hydroxylation sites is 1. The van der Waals surface area contributed by atoms with Gasteiger partial charge in [-0.3, -0.25) is 4.98 Å². The molecule has 5 nitrogen and oxygen atoms in total. The Hall–Kier alpha value is -2.92. The van der Waals surface area contributed by atoms with Crippen molar-refractivity contribution in [3.8, 4) is 0 Å². The minimum absolute atomic E-state index is 0.00560. The first-order valence-corrected chi connectivity index (χ1v) is 10.2. The number of amides is 1. The van der Waals surface area contributed by atoms with Crippen LogP contribution in [0.2, 0.25) is 0 Å². The summed E-state index contributed by atoms with van der Waals surface area (Å²) < 4.78 is 5.59. The molecule has 2 saturated heterocycles. The number of fused-ring (bicyclic) bond motifs is 3. The standard InChI is InChI=1S/C24H24N2O3/c27-23(29-16-17-6-2-1-3-7-17)26-18-10-11-19(26)15-24(28,14-18)21-12-13-25-22-9-5-4-8-20(21)22/h1-9,12-13,18-19,28H,10-11,14-16H2. The minimum atomic E-state index is -0.954. The lowest BCUT2D eigenvalue weighted by Crippen LogP contribution is -2.52. The molecular weight excluding hydrogens is 364 g/mol. The van der Waals surface area contributed by atoms with E-state index in [2.05, 4.69) is 4.98 Å². The van der Waals surface area contributed by atoms with E-state index in [4.69, 9.17) is 4.74 Å². The molecule has 29 heavy (non-hydrogen) atoms. The van der Waals surface area contributed by atoms with Gasteiger partial charge in [0.25, 0.3) is 0 Å².